The number of para-hydroxylation sites is 2. The number of hydrogen-bond donors (Lipinski definition) is 3. The van der Waals surface area contributed by atoms with Crippen LogP contribution in [0.2, 0.25) is 0 Å². The summed E-state index contributed by atoms with van der Waals surface area (Å²) in [7, 11) is 0. The maximum absolute atomic E-state index is 12.3. The van der Waals surface area contributed by atoms with Crippen LogP contribution in [-0.4, -0.2) is 17.1 Å². The van der Waals surface area contributed by atoms with E-state index in [2.05, 4.69) is 10.6 Å². The molecule has 1 atom stereocenters. The predicted molar refractivity (Wildman–Crippen MR) is 79.0 cm³/mol. The second kappa shape index (κ2) is 4.89. The van der Waals surface area contributed by atoms with Crippen molar-refractivity contribution in [2.75, 3.05) is 10.6 Å². The average molecular weight is 268 g/mol. The zero-order chi connectivity index (χ0) is 14.1. The number of rotatable bonds is 2. The molecule has 3 N–H and O–H groups in total. The molecule has 1 unspecified atom stereocenters. The highest BCUT2D eigenvalue weighted by Crippen LogP contribution is 2.29. The number of amides is 1. The molecule has 0 aliphatic carbocycles. The van der Waals surface area contributed by atoms with Crippen molar-refractivity contribution >= 4 is 17.3 Å². The SMILES string of the molecule is Cc1cccc(NC(=O)C2Cc3ccccc3N2)c1O. The Balaban J connectivity index is 1.74. The highest BCUT2D eigenvalue weighted by Gasteiger charge is 2.26. The van der Waals surface area contributed by atoms with Crippen molar-refractivity contribution < 1.29 is 9.90 Å². The quantitative estimate of drug-likeness (QED) is 0.734. The smallest absolute Gasteiger partial charge is 0.247 e. The highest BCUT2D eigenvalue weighted by molar-refractivity contribution is 5.99. The lowest BCUT2D eigenvalue weighted by atomic mass is 10.1. The minimum Gasteiger partial charge on any atom is -0.505 e. The maximum atomic E-state index is 12.3. The molecule has 1 aliphatic rings. The van der Waals surface area contributed by atoms with Gasteiger partial charge in [0.15, 0.2) is 0 Å². The van der Waals surface area contributed by atoms with Crippen LogP contribution in [0.15, 0.2) is 42.5 Å². The van der Waals surface area contributed by atoms with E-state index in [0.717, 1.165) is 16.8 Å². The van der Waals surface area contributed by atoms with Crippen molar-refractivity contribution in [3.8, 4) is 5.75 Å². The number of nitrogens with one attached hydrogen (secondary N) is 2. The summed E-state index contributed by atoms with van der Waals surface area (Å²) in [4.78, 5) is 12.3. The molecule has 2 aromatic rings. The van der Waals surface area contributed by atoms with Gasteiger partial charge >= 0.3 is 0 Å². The van der Waals surface area contributed by atoms with Crippen LogP contribution < -0.4 is 10.6 Å². The molecule has 0 saturated carbocycles. The first kappa shape index (κ1) is 12.5. The molecule has 4 nitrogen and oxygen atoms in total. The van der Waals surface area contributed by atoms with Crippen LogP contribution >= 0.6 is 0 Å². The van der Waals surface area contributed by atoms with E-state index < -0.39 is 0 Å². The summed E-state index contributed by atoms with van der Waals surface area (Å²) in [5, 5.41) is 15.9. The van der Waals surface area contributed by atoms with Gasteiger partial charge in [-0.15, -0.1) is 0 Å². The van der Waals surface area contributed by atoms with Crippen molar-refractivity contribution in [2.24, 2.45) is 0 Å². The Kier molecular flexibility index (Phi) is 3.06. The topological polar surface area (TPSA) is 61.4 Å². The monoisotopic (exact) mass is 268 g/mol. The molecule has 4 heteroatoms. The number of carbonyl (C=O) groups excluding carboxylic acids is 1. The van der Waals surface area contributed by atoms with Gasteiger partial charge < -0.3 is 15.7 Å². The number of phenols is 1. The Labute approximate surface area is 117 Å². The third-order valence-electron chi connectivity index (χ3n) is 3.58. The molecule has 0 aromatic heterocycles. The summed E-state index contributed by atoms with van der Waals surface area (Å²) in [6.07, 6.45) is 0.661. The summed E-state index contributed by atoms with van der Waals surface area (Å²) in [6, 6.07) is 12.9. The van der Waals surface area contributed by atoms with E-state index in [0.29, 0.717) is 12.1 Å². The lowest BCUT2D eigenvalue weighted by Crippen LogP contribution is -2.32. The number of aromatic hydroxyl groups is 1. The van der Waals surface area contributed by atoms with Gasteiger partial charge in [0.25, 0.3) is 0 Å². The fourth-order valence-electron chi connectivity index (χ4n) is 2.44. The molecule has 0 spiro atoms. The molecule has 1 heterocycles. The number of hydrogen-bond acceptors (Lipinski definition) is 3. The van der Waals surface area contributed by atoms with Crippen LogP contribution in [0.4, 0.5) is 11.4 Å². The lowest BCUT2D eigenvalue weighted by molar-refractivity contribution is -0.116. The fraction of sp³-hybridized carbons (Fsp3) is 0.188. The molecule has 0 fully saturated rings. The van der Waals surface area contributed by atoms with Crippen LogP contribution in [0.5, 0.6) is 5.75 Å². The molecule has 0 radical (unpaired) electrons. The third kappa shape index (κ3) is 2.20. The summed E-state index contributed by atoms with van der Waals surface area (Å²) < 4.78 is 0. The molecular weight excluding hydrogens is 252 g/mol. The van der Waals surface area contributed by atoms with Gasteiger partial charge in [-0.1, -0.05) is 30.3 Å². The van der Waals surface area contributed by atoms with Crippen LogP contribution in [0, 0.1) is 6.92 Å². The Morgan fingerprint density at radius 2 is 2.05 bits per heavy atom. The number of aryl methyl sites for hydroxylation is 1. The van der Waals surface area contributed by atoms with Gasteiger partial charge in [0, 0.05) is 12.1 Å². The molecule has 3 rings (SSSR count). The van der Waals surface area contributed by atoms with E-state index in [9.17, 15) is 9.90 Å². The van der Waals surface area contributed by atoms with E-state index in [1.807, 2.05) is 30.3 Å². The fourth-order valence-corrected chi connectivity index (χ4v) is 2.44. The van der Waals surface area contributed by atoms with Gasteiger partial charge in [-0.2, -0.15) is 0 Å². The largest absolute Gasteiger partial charge is 0.505 e. The van der Waals surface area contributed by atoms with Crippen LogP contribution in [0.1, 0.15) is 11.1 Å². The van der Waals surface area contributed by atoms with Crippen molar-refractivity contribution in [1.82, 2.24) is 0 Å². The number of anilines is 2. The minimum atomic E-state index is -0.299. The van der Waals surface area contributed by atoms with E-state index in [-0.39, 0.29) is 17.7 Å². The summed E-state index contributed by atoms with van der Waals surface area (Å²) in [6.45, 7) is 1.80. The molecule has 1 aliphatic heterocycles. The van der Waals surface area contributed by atoms with Crippen molar-refractivity contribution in [2.45, 2.75) is 19.4 Å². The Morgan fingerprint density at radius 3 is 2.85 bits per heavy atom. The average Bonchev–Trinajstić information content (AvgIpc) is 2.88. The van der Waals surface area contributed by atoms with Gasteiger partial charge in [0.05, 0.1) is 5.69 Å². The van der Waals surface area contributed by atoms with E-state index in [1.165, 1.54) is 0 Å². The zero-order valence-corrected chi connectivity index (χ0v) is 11.2. The van der Waals surface area contributed by atoms with Crippen molar-refractivity contribution in [1.29, 1.82) is 0 Å². The Morgan fingerprint density at radius 1 is 1.25 bits per heavy atom. The lowest BCUT2D eigenvalue weighted by Gasteiger charge is -2.13. The van der Waals surface area contributed by atoms with Gasteiger partial charge in [-0.25, -0.2) is 0 Å². The summed E-state index contributed by atoms with van der Waals surface area (Å²) >= 11 is 0. The van der Waals surface area contributed by atoms with E-state index in [4.69, 9.17) is 0 Å². The van der Waals surface area contributed by atoms with Gasteiger partial charge in [0.2, 0.25) is 5.91 Å². The van der Waals surface area contributed by atoms with Gasteiger partial charge in [-0.05, 0) is 30.2 Å². The normalized spacial score (nSPS) is 16.4. The first-order valence-electron chi connectivity index (χ1n) is 6.59. The number of fused-ring (bicyclic) bond motifs is 1. The van der Waals surface area contributed by atoms with Crippen LogP contribution in [-0.2, 0) is 11.2 Å². The van der Waals surface area contributed by atoms with Gasteiger partial charge in [-0.3, -0.25) is 4.79 Å². The van der Waals surface area contributed by atoms with E-state index >= 15 is 0 Å². The maximum Gasteiger partial charge on any atom is 0.247 e. The number of benzene rings is 2. The third-order valence-corrected chi connectivity index (χ3v) is 3.58. The summed E-state index contributed by atoms with van der Waals surface area (Å²) in [5.74, 6) is -0.0153. The van der Waals surface area contributed by atoms with Crippen LogP contribution in [0.25, 0.3) is 0 Å². The first-order valence-corrected chi connectivity index (χ1v) is 6.59. The molecule has 2 aromatic carbocycles. The van der Waals surface area contributed by atoms with E-state index in [1.54, 1.807) is 19.1 Å². The molecule has 0 bridgehead atoms. The predicted octanol–water partition coefficient (Wildman–Crippen LogP) is 2.68. The zero-order valence-electron chi connectivity index (χ0n) is 11.2. The Hall–Kier alpha value is -2.49. The minimum absolute atomic E-state index is 0.122. The second-order valence-electron chi connectivity index (χ2n) is 5.02. The first-order chi connectivity index (χ1) is 9.65. The molecule has 0 saturated heterocycles. The van der Waals surface area contributed by atoms with Crippen molar-refractivity contribution in [3.05, 3.63) is 53.6 Å². The Bertz CT molecular complexity index is 642. The highest BCUT2D eigenvalue weighted by atomic mass is 16.3. The summed E-state index contributed by atoms with van der Waals surface area (Å²) in [5.41, 5.74) is 3.33. The van der Waals surface area contributed by atoms with Crippen molar-refractivity contribution in [3.63, 3.8) is 0 Å². The molecular formula is C16H16N2O2. The number of carbonyl (C=O) groups is 1. The number of phenolic OH excluding ortho intramolecular Hbond substituents is 1. The second-order valence-corrected chi connectivity index (χ2v) is 5.02. The molecule has 102 valence electrons. The molecule has 20 heavy (non-hydrogen) atoms. The van der Waals surface area contributed by atoms with Crippen LogP contribution in [0.3, 0.4) is 0 Å². The molecule has 1 amide bonds. The standard InChI is InChI=1S/C16H16N2O2/c1-10-5-4-8-13(15(10)19)18-16(20)14-9-11-6-2-3-7-12(11)17-14/h2-8,14,17,19H,9H2,1H3,(H,18,20). The van der Waals surface area contributed by atoms with Gasteiger partial charge in [0.1, 0.15) is 11.8 Å².